The molecule has 0 fully saturated rings. The summed E-state index contributed by atoms with van der Waals surface area (Å²) < 4.78 is 0. The fourth-order valence-electron chi connectivity index (χ4n) is 1.66. The van der Waals surface area contributed by atoms with Crippen LogP contribution in [0.15, 0.2) is 0 Å². The van der Waals surface area contributed by atoms with Crippen molar-refractivity contribution in [3.8, 4) is 0 Å². The highest BCUT2D eigenvalue weighted by atomic mass is 32.1. The molecule has 0 aliphatic carbocycles. The van der Waals surface area contributed by atoms with E-state index in [-0.39, 0.29) is 0 Å². The molecular formula is C12H24S. The number of hydrogen-bond acceptors (Lipinski definition) is 1. The molecule has 0 aromatic carbocycles. The number of hydrogen-bond donors (Lipinski definition) is 0. The first-order valence-electron chi connectivity index (χ1n) is 5.50. The standard InChI is InChI=1S/C12H24S/c1-6-11(5)12(13)8-10(4)7-9(2)3/h9-11H,6-8H2,1-5H3. The average Bonchev–Trinajstić information content (AvgIpc) is 2.01. The zero-order valence-corrected chi connectivity index (χ0v) is 10.6. The lowest BCUT2D eigenvalue weighted by molar-refractivity contribution is 0.447. The molecule has 13 heavy (non-hydrogen) atoms. The SMILES string of the molecule is CCC(C)C(=S)CC(C)CC(C)C. The summed E-state index contributed by atoms with van der Waals surface area (Å²) in [5.41, 5.74) is 0. The van der Waals surface area contributed by atoms with Crippen molar-refractivity contribution in [3.05, 3.63) is 0 Å². The molecular weight excluding hydrogens is 176 g/mol. The zero-order valence-electron chi connectivity index (χ0n) is 9.76. The van der Waals surface area contributed by atoms with Gasteiger partial charge in [-0.05, 0) is 41.9 Å². The molecule has 0 radical (unpaired) electrons. The summed E-state index contributed by atoms with van der Waals surface area (Å²) in [6.45, 7) is 11.3. The summed E-state index contributed by atoms with van der Waals surface area (Å²) in [6, 6.07) is 0. The van der Waals surface area contributed by atoms with Crippen molar-refractivity contribution in [2.75, 3.05) is 0 Å². The predicted octanol–water partition coefficient (Wildman–Crippen LogP) is 4.47. The second kappa shape index (κ2) is 6.53. The monoisotopic (exact) mass is 200 g/mol. The summed E-state index contributed by atoms with van der Waals surface area (Å²) >= 11 is 5.40. The second-order valence-electron chi connectivity index (χ2n) is 4.71. The minimum absolute atomic E-state index is 0.629. The Bertz CT molecular complexity index is 149. The smallest absolute Gasteiger partial charge is 0.00408 e. The van der Waals surface area contributed by atoms with Gasteiger partial charge in [-0.15, -0.1) is 0 Å². The van der Waals surface area contributed by atoms with Crippen LogP contribution in [-0.4, -0.2) is 4.86 Å². The maximum Gasteiger partial charge on any atom is -0.00408 e. The van der Waals surface area contributed by atoms with Crippen molar-refractivity contribution < 1.29 is 0 Å². The van der Waals surface area contributed by atoms with Gasteiger partial charge in [-0.25, -0.2) is 0 Å². The van der Waals surface area contributed by atoms with Crippen LogP contribution in [0, 0.1) is 17.8 Å². The third-order valence-electron chi connectivity index (χ3n) is 2.59. The van der Waals surface area contributed by atoms with Crippen molar-refractivity contribution >= 4 is 17.1 Å². The van der Waals surface area contributed by atoms with Gasteiger partial charge in [-0.2, -0.15) is 0 Å². The number of rotatable bonds is 6. The van der Waals surface area contributed by atoms with Gasteiger partial charge >= 0.3 is 0 Å². The molecule has 0 aromatic rings. The highest BCUT2D eigenvalue weighted by Crippen LogP contribution is 2.19. The summed E-state index contributed by atoms with van der Waals surface area (Å²) in [4.78, 5) is 1.27. The lowest BCUT2D eigenvalue weighted by atomic mass is 9.90. The first-order chi connectivity index (χ1) is 5.97. The van der Waals surface area contributed by atoms with E-state index in [9.17, 15) is 0 Å². The molecule has 0 amide bonds. The largest absolute Gasteiger partial charge is 0.0894 e. The summed E-state index contributed by atoms with van der Waals surface area (Å²) in [6.07, 6.45) is 3.63. The van der Waals surface area contributed by atoms with Gasteiger partial charge in [0.15, 0.2) is 0 Å². The van der Waals surface area contributed by atoms with Gasteiger partial charge in [-0.3, -0.25) is 0 Å². The highest BCUT2D eigenvalue weighted by molar-refractivity contribution is 7.80. The van der Waals surface area contributed by atoms with Crippen LogP contribution < -0.4 is 0 Å². The van der Waals surface area contributed by atoms with Gasteiger partial charge in [0, 0.05) is 0 Å². The average molecular weight is 200 g/mol. The summed E-state index contributed by atoms with van der Waals surface area (Å²) in [5, 5.41) is 0. The van der Waals surface area contributed by atoms with E-state index >= 15 is 0 Å². The molecule has 0 aliphatic rings. The predicted molar refractivity (Wildman–Crippen MR) is 65.3 cm³/mol. The van der Waals surface area contributed by atoms with Crippen LogP contribution >= 0.6 is 12.2 Å². The van der Waals surface area contributed by atoms with Gasteiger partial charge in [0.05, 0.1) is 0 Å². The van der Waals surface area contributed by atoms with E-state index in [1.54, 1.807) is 0 Å². The van der Waals surface area contributed by atoms with Crippen LogP contribution in [0.3, 0.4) is 0 Å². The minimum atomic E-state index is 0.629. The molecule has 0 heterocycles. The zero-order chi connectivity index (χ0) is 10.4. The molecule has 2 unspecified atom stereocenters. The van der Waals surface area contributed by atoms with Gasteiger partial charge in [-0.1, -0.05) is 46.8 Å². The summed E-state index contributed by atoms with van der Waals surface area (Å²) in [5.74, 6) is 2.20. The van der Waals surface area contributed by atoms with Gasteiger partial charge in [0.1, 0.15) is 0 Å². The van der Waals surface area contributed by atoms with E-state index in [0.717, 1.165) is 18.3 Å². The molecule has 0 aromatic heterocycles. The van der Waals surface area contributed by atoms with Crippen molar-refractivity contribution in [2.45, 2.75) is 53.9 Å². The van der Waals surface area contributed by atoms with Crippen molar-refractivity contribution in [2.24, 2.45) is 17.8 Å². The van der Waals surface area contributed by atoms with E-state index < -0.39 is 0 Å². The maximum absolute atomic E-state index is 5.40. The van der Waals surface area contributed by atoms with Crippen LogP contribution in [0.2, 0.25) is 0 Å². The van der Waals surface area contributed by atoms with Crippen molar-refractivity contribution in [1.82, 2.24) is 0 Å². The van der Waals surface area contributed by atoms with E-state index in [4.69, 9.17) is 12.2 Å². The Morgan fingerprint density at radius 1 is 1.15 bits per heavy atom. The van der Waals surface area contributed by atoms with E-state index in [1.165, 1.54) is 17.7 Å². The molecule has 0 spiro atoms. The Hall–Kier alpha value is 0.0900. The first kappa shape index (κ1) is 13.1. The van der Waals surface area contributed by atoms with Crippen molar-refractivity contribution in [3.63, 3.8) is 0 Å². The van der Waals surface area contributed by atoms with Gasteiger partial charge in [0.2, 0.25) is 0 Å². The lowest BCUT2D eigenvalue weighted by Crippen LogP contribution is -2.12. The highest BCUT2D eigenvalue weighted by Gasteiger charge is 2.11. The molecule has 0 bridgehead atoms. The fraction of sp³-hybridized carbons (Fsp3) is 0.917. The first-order valence-corrected chi connectivity index (χ1v) is 5.90. The van der Waals surface area contributed by atoms with E-state index in [0.29, 0.717) is 5.92 Å². The summed E-state index contributed by atoms with van der Waals surface area (Å²) in [7, 11) is 0. The van der Waals surface area contributed by atoms with Crippen LogP contribution in [0.1, 0.15) is 53.9 Å². The Morgan fingerprint density at radius 3 is 2.08 bits per heavy atom. The molecule has 2 atom stereocenters. The molecule has 0 saturated heterocycles. The van der Waals surface area contributed by atoms with Gasteiger partial charge < -0.3 is 0 Å². The molecule has 1 heteroatoms. The molecule has 0 aliphatic heterocycles. The Balaban J connectivity index is 3.77. The van der Waals surface area contributed by atoms with Gasteiger partial charge in [0.25, 0.3) is 0 Å². The van der Waals surface area contributed by atoms with E-state index in [2.05, 4.69) is 34.6 Å². The third-order valence-corrected chi connectivity index (χ3v) is 3.15. The minimum Gasteiger partial charge on any atom is -0.0894 e. The Morgan fingerprint density at radius 2 is 1.69 bits per heavy atom. The van der Waals surface area contributed by atoms with Crippen LogP contribution in [0.4, 0.5) is 0 Å². The molecule has 0 rings (SSSR count). The number of thiocarbonyl (C=S) groups is 1. The molecule has 0 N–H and O–H groups in total. The quantitative estimate of drug-likeness (QED) is 0.570. The Kier molecular flexibility index (Phi) is 6.58. The lowest BCUT2D eigenvalue weighted by Gasteiger charge is -2.17. The topological polar surface area (TPSA) is 0 Å². The normalized spacial score (nSPS) is 15.8. The molecule has 0 nitrogen and oxygen atoms in total. The fourth-order valence-corrected chi connectivity index (χ4v) is 2.11. The molecule has 0 saturated carbocycles. The maximum atomic E-state index is 5.40. The second-order valence-corrected chi connectivity index (χ2v) is 5.24. The Labute approximate surface area is 89.1 Å². The van der Waals surface area contributed by atoms with Crippen LogP contribution in [0.25, 0.3) is 0 Å². The third kappa shape index (κ3) is 6.20. The molecule has 78 valence electrons. The van der Waals surface area contributed by atoms with Crippen LogP contribution in [0.5, 0.6) is 0 Å². The van der Waals surface area contributed by atoms with Crippen molar-refractivity contribution in [1.29, 1.82) is 0 Å². The van der Waals surface area contributed by atoms with Crippen LogP contribution in [-0.2, 0) is 0 Å². The van der Waals surface area contributed by atoms with E-state index in [1.807, 2.05) is 0 Å².